The first-order valence-electron chi connectivity index (χ1n) is 11.0. The molecule has 0 spiro atoms. The van der Waals surface area contributed by atoms with Gasteiger partial charge in [-0.25, -0.2) is 0 Å². The number of alkyl halides is 3. The van der Waals surface area contributed by atoms with Gasteiger partial charge in [-0.1, -0.05) is 30.3 Å². The van der Waals surface area contributed by atoms with Crippen molar-refractivity contribution in [3.05, 3.63) is 65.5 Å². The fraction of sp³-hybridized carbons (Fsp3) is 0.375. The molecular weight excluding hydrogens is 463 g/mol. The lowest BCUT2D eigenvalue weighted by molar-refractivity contribution is -0.137. The van der Waals surface area contributed by atoms with Gasteiger partial charge in [-0.3, -0.25) is 9.47 Å². The van der Waals surface area contributed by atoms with Gasteiger partial charge in [0, 0.05) is 5.75 Å². The van der Waals surface area contributed by atoms with Crippen molar-refractivity contribution in [2.24, 2.45) is 0 Å². The maximum atomic E-state index is 13.8. The van der Waals surface area contributed by atoms with Crippen LogP contribution in [0.2, 0.25) is 0 Å². The molecule has 34 heavy (non-hydrogen) atoms. The first kappa shape index (κ1) is 24.1. The second kappa shape index (κ2) is 10.9. The molecule has 0 N–H and O–H groups in total. The molecule has 0 atom stereocenters. The number of likely N-dealkylation sites (tertiary alicyclic amines) is 1. The van der Waals surface area contributed by atoms with Crippen LogP contribution < -0.4 is 4.74 Å². The Morgan fingerprint density at radius 2 is 1.74 bits per heavy atom. The zero-order valence-corrected chi connectivity index (χ0v) is 19.3. The maximum Gasteiger partial charge on any atom is 0.418 e. The van der Waals surface area contributed by atoms with Crippen molar-refractivity contribution in [2.75, 3.05) is 25.4 Å². The number of rotatable bonds is 8. The number of thioether (sulfide) groups is 1. The monoisotopic (exact) mass is 487 g/mol. The first-order valence-corrected chi connectivity index (χ1v) is 12.0. The van der Waals surface area contributed by atoms with Crippen LogP contribution in [0.5, 0.6) is 5.75 Å². The molecular formula is C24H24F3N5OS. The Morgan fingerprint density at radius 1 is 1.00 bits per heavy atom. The third-order valence-electron chi connectivity index (χ3n) is 5.53. The summed E-state index contributed by atoms with van der Waals surface area (Å²) in [6.45, 7) is 2.57. The van der Waals surface area contributed by atoms with E-state index in [-0.39, 0.29) is 5.69 Å². The van der Waals surface area contributed by atoms with Gasteiger partial charge in [0.1, 0.15) is 5.75 Å². The van der Waals surface area contributed by atoms with E-state index in [9.17, 15) is 13.2 Å². The van der Waals surface area contributed by atoms with Crippen molar-refractivity contribution >= 4 is 11.8 Å². The second-order valence-corrected chi connectivity index (χ2v) is 8.98. The summed E-state index contributed by atoms with van der Waals surface area (Å²) in [4.78, 5) is 2.21. The predicted molar refractivity (Wildman–Crippen MR) is 123 cm³/mol. The molecule has 4 rings (SSSR count). The van der Waals surface area contributed by atoms with E-state index < -0.39 is 11.7 Å². The number of benzene rings is 2. The summed E-state index contributed by atoms with van der Waals surface area (Å²) in [7, 11) is 0. The van der Waals surface area contributed by atoms with Crippen LogP contribution in [0.3, 0.4) is 0 Å². The zero-order valence-electron chi connectivity index (χ0n) is 18.5. The Kier molecular flexibility index (Phi) is 7.75. The molecule has 3 aromatic rings. The smallest absolute Gasteiger partial charge is 0.418 e. The number of ether oxygens (including phenoxy) is 1. The molecule has 1 saturated heterocycles. The summed E-state index contributed by atoms with van der Waals surface area (Å²) >= 11 is 1.30. The van der Waals surface area contributed by atoms with Crippen molar-refractivity contribution in [3.8, 4) is 17.5 Å². The molecule has 0 amide bonds. The molecule has 178 valence electrons. The molecule has 1 aliphatic heterocycles. The van der Waals surface area contributed by atoms with Crippen LogP contribution in [0.25, 0.3) is 5.69 Å². The SMILES string of the molecule is N#Cc1ccc(OCCSc2nnc(CN3CCCCC3)n2-c2ccccc2C(F)(F)F)cc1. The summed E-state index contributed by atoms with van der Waals surface area (Å²) in [6.07, 6.45) is -1.19. The largest absolute Gasteiger partial charge is 0.493 e. The van der Waals surface area contributed by atoms with Crippen LogP contribution in [0, 0.1) is 11.3 Å². The van der Waals surface area contributed by atoms with E-state index in [2.05, 4.69) is 21.2 Å². The van der Waals surface area contributed by atoms with Gasteiger partial charge in [-0.05, 0) is 62.3 Å². The molecule has 1 aliphatic rings. The molecule has 0 aliphatic carbocycles. The van der Waals surface area contributed by atoms with E-state index in [1.165, 1.54) is 34.9 Å². The highest BCUT2D eigenvalue weighted by Gasteiger charge is 2.35. The molecule has 1 fully saturated rings. The van der Waals surface area contributed by atoms with Gasteiger partial charge in [-0.2, -0.15) is 18.4 Å². The Bertz CT molecular complexity index is 1130. The zero-order chi connectivity index (χ0) is 24.0. The lowest BCUT2D eigenvalue weighted by atomic mass is 10.1. The third-order valence-corrected chi connectivity index (χ3v) is 6.42. The van der Waals surface area contributed by atoms with E-state index >= 15 is 0 Å². The lowest BCUT2D eigenvalue weighted by Gasteiger charge is -2.26. The number of hydrogen-bond donors (Lipinski definition) is 0. The quantitative estimate of drug-likeness (QED) is 0.317. The summed E-state index contributed by atoms with van der Waals surface area (Å²) in [6, 6.07) is 14.3. The number of hydrogen-bond acceptors (Lipinski definition) is 6. The molecule has 1 aromatic heterocycles. The van der Waals surface area contributed by atoms with E-state index in [0.29, 0.717) is 41.2 Å². The van der Waals surface area contributed by atoms with Crippen LogP contribution in [0.15, 0.2) is 53.7 Å². The molecule has 10 heteroatoms. The van der Waals surface area contributed by atoms with E-state index in [0.717, 1.165) is 32.0 Å². The number of para-hydroxylation sites is 1. The number of aromatic nitrogens is 3. The van der Waals surface area contributed by atoms with Crippen LogP contribution in [-0.2, 0) is 12.7 Å². The van der Waals surface area contributed by atoms with Crippen molar-refractivity contribution in [3.63, 3.8) is 0 Å². The fourth-order valence-electron chi connectivity index (χ4n) is 3.88. The van der Waals surface area contributed by atoms with Crippen LogP contribution in [0.1, 0.15) is 36.2 Å². The molecule has 6 nitrogen and oxygen atoms in total. The molecule has 0 radical (unpaired) electrons. The van der Waals surface area contributed by atoms with E-state index in [1.807, 2.05) is 0 Å². The van der Waals surface area contributed by atoms with Crippen LogP contribution >= 0.6 is 11.8 Å². The van der Waals surface area contributed by atoms with Crippen molar-refractivity contribution in [1.29, 1.82) is 5.26 Å². The average Bonchev–Trinajstić information content (AvgIpc) is 3.24. The van der Waals surface area contributed by atoms with Gasteiger partial charge in [0.2, 0.25) is 0 Å². The normalized spacial score (nSPS) is 14.6. The van der Waals surface area contributed by atoms with E-state index in [1.54, 1.807) is 30.3 Å². The number of halogens is 3. The standard InChI is InChI=1S/C24H24F3N5OS/c25-24(26,27)20-6-2-3-7-21(20)32-22(17-31-12-4-1-5-13-31)29-30-23(32)34-15-14-33-19-10-8-18(16-28)9-11-19/h2-3,6-11H,1,4-5,12-15,17H2. The topological polar surface area (TPSA) is 67.0 Å². The fourth-order valence-corrected chi connectivity index (χ4v) is 4.66. The number of piperidine rings is 1. The van der Waals surface area contributed by atoms with Gasteiger partial charge >= 0.3 is 6.18 Å². The highest BCUT2D eigenvalue weighted by molar-refractivity contribution is 7.99. The highest BCUT2D eigenvalue weighted by Crippen LogP contribution is 2.36. The first-order chi connectivity index (χ1) is 16.5. The maximum absolute atomic E-state index is 13.8. The van der Waals surface area contributed by atoms with Gasteiger partial charge < -0.3 is 4.74 Å². The summed E-state index contributed by atoms with van der Waals surface area (Å²) in [5.74, 6) is 1.58. The van der Waals surface area contributed by atoms with Crippen molar-refractivity contribution < 1.29 is 17.9 Å². The van der Waals surface area contributed by atoms with Crippen LogP contribution in [-0.4, -0.2) is 45.1 Å². The minimum absolute atomic E-state index is 0.0301. The third kappa shape index (κ3) is 5.90. The molecule has 2 aromatic carbocycles. The average molecular weight is 488 g/mol. The van der Waals surface area contributed by atoms with Gasteiger partial charge in [0.25, 0.3) is 0 Å². The van der Waals surface area contributed by atoms with Crippen molar-refractivity contribution in [2.45, 2.75) is 37.1 Å². The summed E-state index contributed by atoms with van der Waals surface area (Å²) in [5.41, 5.74) is -0.146. The van der Waals surface area contributed by atoms with Crippen molar-refractivity contribution in [1.82, 2.24) is 19.7 Å². The van der Waals surface area contributed by atoms with Crippen LogP contribution in [0.4, 0.5) is 13.2 Å². The highest BCUT2D eigenvalue weighted by atomic mass is 32.2. The lowest BCUT2D eigenvalue weighted by Crippen LogP contribution is -2.30. The van der Waals surface area contributed by atoms with Gasteiger partial charge in [0.15, 0.2) is 11.0 Å². The molecule has 2 heterocycles. The minimum atomic E-state index is -4.50. The second-order valence-electron chi connectivity index (χ2n) is 7.92. The predicted octanol–water partition coefficient (Wildman–Crippen LogP) is 5.31. The van der Waals surface area contributed by atoms with Gasteiger partial charge in [0.05, 0.1) is 36.0 Å². The summed E-state index contributed by atoms with van der Waals surface area (Å²) in [5, 5.41) is 17.8. The van der Waals surface area contributed by atoms with E-state index in [4.69, 9.17) is 10.00 Å². The Morgan fingerprint density at radius 3 is 2.44 bits per heavy atom. The Labute approximate surface area is 200 Å². The van der Waals surface area contributed by atoms with Gasteiger partial charge in [-0.15, -0.1) is 10.2 Å². The minimum Gasteiger partial charge on any atom is -0.493 e. The summed E-state index contributed by atoms with van der Waals surface area (Å²) < 4.78 is 48.6. The molecule has 0 saturated carbocycles. The Balaban J connectivity index is 1.54. The molecule has 0 bridgehead atoms. The Hall–Kier alpha value is -3.03. The number of nitrogens with zero attached hydrogens (tertiary/aromatic N) is 5. The number of nitriles is 1. The molecule has 0 unspecified atom stereocenters.